The molecular formula is C24H19F2NO3S. The Kier molecular flexibility index (Phi) is 4.50. The van der Waals surface area contributed by atoms with E-state index in [0.717, 1.165) is 4.70 Å². The fraction of sp³-hybridized carbons (Fsp3) is 0.208. The van der Waals surface area contributed by atoms with Crippen LogP contribution in [0.1, 0.15) is 24.0 Å². The molecule has 2 aromatic carbocycles. The molecule has 1 aliphatic rings. The summed E-state index contributed by atoms with van der Waals surface area (Å²) >= 11 is 1.40. The first-order valence-electron chi connectivity index (χ1n) is 9.84. The summed E-state index contributed by atoms with van der Waals surface area (Å²) in [6.45, 7) is 1.60. The van der Waals surface area contributed by atoms with Crippen LogP contribution in [0.5, 0.6) is 11.5 Å². The van der Waals surface area contributed by atoms with Gasteiger partial charge in [-0.2, -0.15) is 0 Å². The standard InChI is InChI=1S/C24H19F2NO3S/c1-13-9-18(25)21(19(26)10-13)30-20-4-3-14(24(29)6-7-24)11-16(20)17-12-27(2)23(28)15-5-8-31-22(15)17/h3-5,8-12,29H,6-7H2,1-2H3. The molecule has 4 nitrogen and oxygen atoms in total. The Bertz CT molecular complexity index is 1380. The van der Waals surface area contributed by atoms with Gasteiger partial charge in [0.25, 0.3) is 5.56 Å². The Morgan fingerprint density at radius 2 is 1.81 bits per heavy atom. The molecule has 7 heteroatoms. The van der Waals surface area contributed by atoms with Crippen LogP contribution in [0, 0.1) is 18.6 Å². The second kappa shape index (κ2) is 7.00. The maximum absolute atomic E-state index is 14.5. The second-order valence-electron chi connectivity index (χ2n) is 8.02. The van der Waals surface area contributed by atoms with Gasteiger partial charge in [-0.1, -0.05) is 6.07 Å². The van der Waals surface area contributed by atoms with Gasteiger partial charge in [-0.15, -0.1) is 11.3 Å². The van der Waals surface area contributed by atoms with E-state index in [-0.39, 0.29) is 11.3 Å². The molecule has 4 aromatic rings. The van der Waals surface area contributed by atoms with Crippen molar-refractivity contribution in [3.05, 3.63) is 81.1 Å². The Labute approximate surface area is 181 Å². The maximum atomic E-state index is 14.5. The number of hydrogen-bond donors (Lipinski definition) is 1. The van der Waals surface area contributed by atoms with Gasteiger partial charge in [0.05, 0.1) is 11.0 Å². The van der Waals surface area contributed by atoms with Crippen molar-refractivity contribution < 1.29 is 18.6 Å². The van der Waals surface area contributed by atoms with E-state index in [1.807, 2.05) is 5.38 Å². The number of halogens is 2. The lowest BCUT2D eigenvalue weighted by molar-refractivity contribution is 0.151. The largest absolute Gasteiger partial charge is 0.451 e. The number of thiophene rings is 1. The van der Waals surface area contributed by atoms with Crippen LogP contribution in [0.2, 0.25) is 0 Å². The average Bonchev–Trinajstić information content (AvgIpc) is 3.28. The second-order valence-corrected chi connectivity index (χ2v) is 8.94. The third-order valence-corrected chi connectivity index (χ3v) is 6.62. The lowest BCUT2D eigenvalue weighted by Crippen LogP contribution is -2.15. The highest BCUT2D eigenvalue weighted by molar-refractivity contribution is 7.17. The molecule has 2 aromatic heterocycles. The predicted octanol–water partition coefficient (Wildman–Crippen LogP) is 5.63. The van der Waals surface area contributed by atoms with E-state index in [1.165, 1.54) is 28.0 Å². The first-order chi connectivity index (χ1) is 14.8. The number of benzene rings is 2. The van der Waals surface area contributed by atoms with Crippen LogP contribution in [0.3, 0.4) is 0 Å². The van der Waals surface area contributed by atoms with Crippen molar-refractivity contribution in [3.63, 3.8) is 0 Å². The fourth-order valence-corrected chi connectivity index (χ4v) is 4.71. The number of hydrogen-bond acceptors (Lipinski definition) is 4. The van der Waals surface area contributed by atoms with Crippen LogP contribution >= 0.6 is 11.3 Å². The first-order valence-corrected chi connectivity index (χ1v) is 10.7. The molecular weight excluding hydrogens is 420 g/mol. The summed E-state index contributed by atoms with van der Waals surface area (Å²) in [4.78, 5) is 12.5. The van der Waals surface area contributed by atoms with Gasteiger partial charge < -0.3 is 14.4 Å². The minimum atomic E-state index is -0.900. The monoisotopic (exact) mass is 439 g/mol. The molecule has 0 atom stereocenters. The van der Waals surface area contributed by atoms with E-state index < -0.39 is 23.0 Å². The van der Waals surface area contributed by atoms with Crippen molar-refractivity contribution >= 4 is 21.4 Å². The minimum Gasteiger partial charge on any atom is -0.451 e. The average molecular weight is 439 g/mol. The molecule has 1 N–H and O–H groups in total. The molecule has 0 spiro atoms. The van der Waals surface area contributed by atoms with E-state index in [4.69, 9.17) is 4.74 Å². The third kappa shape index (κ3) is 3.34. The van der Waals surface area contributed by atoms with Crippen LogP contribution in [0.15, 0.2) is 52.8 Å². The molecule has 0 aliphatic heterocycles. The summed E-state index contributed by atoms with van der Waals surface area (Å²) in [6, 6.07) is 9.29. The molecule has 0 unspecified atom stereocenters. The van der Waals surface area contributed by atoms with Gasteiger partial charge in [0.15, 0.2) is 17.4 Å². The zero-order valence-electron chi connectivity index (χ0n) is 16.9. The quantitative estimate of drug-likeness (QED) is 0.449. The van der Waals surface area contributed by atoms with Crippen molar-refractivity contribution in [3.8, 4) is 22.6 Å². The van der Waals surface area contributed by atoms with E-state index in [1.54, 1.807) is 44.4 Å². The Hall–Kier alpha value is -3.03. The van der Waals surface area contributed by atoms with Crippen molar-refractivity contribution in [2.45, 2.75) is 25.4 Å². The van der Waals surface area contributed by atoms with Crippen molar-refractivity contribution in [2.75, 3.05) is 0 Å². The molecule has 5 rings (SSSR count). The number of fused-ring (bicyclic) bond motifs is 1. The highest BCUT2D eigenvalue weighted by Gasteiger charge is 2.42. The SMILES string of the molecule is Cc1cc(F)c(Oc2ccc(C3(O)CC3)cc2-c2cn(C)c(=O)c3ccsc23)c(F)c1. The number of aliphatic hydroxyl groups is 1. The molecule has 2 heterocycles. The molecule has 0 amide bonds. The van der Waals surface area contributed by atoms with Crippen molar-refractivity contribution in [1.82, 2.24) is 4.57 Å². The predicted molar refractivity (Wildman–Crippen MR) is 117 cm³/mol. The van der Waals surface area contributed by atoms with E-state index >= 15 is 0 Å². The molecule has 0 saturated heterocycles. The van der Waals surface area contributed by atoms with Crippen LogP contribution < -0.4 is 10.3 Å². The van der Waals surface area contributed by atoms with Crippen LogP contribution in [-0.4, -0.2) is 9.67 Å². The highest BCUT2D eigenvalue weighted by Crippen LogP contribution is 2.48. The van der Waals surface area contributed by atoms with Gasteiger partial charge in [0.2, 0.25) is 0 Å². The zero-order valence-corrected chi connectivity index (χ0v) is 17.7. The Morgan fingerprint density at radius 1 is 1.10 bits per heavy atom. The summed E-state index contributed by atoms with van der Waals surface area (Å²) in [5.74, 6) is -1.84. The first kappa shape index (κ1) is 19.9. The maximum Gasteiger partial charge on any atom is 0.259 e. The smallest absolute Gasteiger partial charge is 0.259 e. The summed E-state index contributed by atoms with van der Waals surface area (Å²) < 4.78 is 36.9. The van der Waals surface area contributed by atoms with Crippen LogP contribution in [0.4, 0.5) is 8.78 Å². The third-order valence-electron chi connectivity index (χ3n) is 5.67. The van der Waals surface area contributed by atoms with Gasteiger partial charge in [-0.05, 0) is 66.6 Å². The lowest BCUT2D eigenvalue weighted by Gasteiger charge is -2.17. The summed E-state index contributed by atoms with van der Waals surface area (Å²) in [7, 11) is 1.65. The van der Waals surface area contributed by atoms with Gasteiger partial charge in [-0.25, -0.2) is 8.78 Å². The Morgan fingerprint density at radius 3 is 2.48 bits per heavy atom. The number of nitrogens with zero attached hydrogens (tertiary/aromatic N) is 1. The van der Waals surface area contributed by atoms with Gasteiger partial charge in [0, 0.05) is 29.1 Å². The number of ether oxygens (including phenoxy) is 1. The molecule has 1 saturated carbocycles. The van der Waals surface area contributed by atoms with Crippen LogP contribution in [0.25, 0.3) is 21.2 Å². The number of aryl methyl sites for hydroxylation is 2. The Balaban J connectivity index is 1.74. The van der Waals surface area contributed by atoms with E-state index in [2.05, 4.69) is 0 Å². The van der Waals surface area contributed by atoms with E-state index in [9.17, 15) is 18.7 Å². The molecule has 1 aliphatic carbocycles. The van der Waals surface area contributed by atoms with E-state index in [0.29, 0.717) is 40.5 Å². The highest BCUT2D eigenvalue weighted by atomic mass is 32.1. The number of rotatable bonds is 4. The topological polar surface area (TPSA) is 51.5 Å². The molecule has 31 heavy (non-hydrogen) atoms. The minimum absolute atomic E-state index is 0.130. The van der Waals surface area contributed by atoms with Crippen LogP contribution in [-0.2, 0) is 12.6 Å². The zero-order chi connectivity index (χ0) is 21.9. The molecule has 158 valence electrons. The summed E-state index contributed by atoms with van der Waals surface area (Å²) in [5, 5.41) is 13.0. The normalized spacial score (nSPS) is 14.7. The fourth-order valence-electron chi connectivity index (χ4n) is 3.80. The summed E-state index contributed by atoms with van der Waals surface area (Å²) in [5.41, 5.74) is 1.38. The molecule has 1 fully saturated rings. The number of aromatic nitrogens is 1. The van der Waals surface area contributed by atoms with Gasteiger partial charge in [0.1, 0.15) is 5.75 Å². The lowest BCUT2D eigenvalue weighted by atomic mass is 9.99. The van der Waals surface area contributed by atoms with Crippen molar-refractivity contribution in [2.24, 2.45) is 7.05 Å². The van der Waals surface area contributed by atoms with Gasteiger partial charge in [-0.3, -0.25) is 4.79 Å². The molecule has 0 radical (unpaired) electrons. The van der Waals surface area contributed by atoms with Gasteiger partial charge >= 0.3 is 0 Å². The summed E-state index contributed by atoms with van der Waals surface area (Å²) in [6.07, 6.45) is 2.98. The number of pyridine rings is 1. The molecule has 0 bridgehead atoms. The van der Waals surface area contributed by atoms with Crippen molar-refractivity contribution in [1.29, 1.82) is 0 Å².